The van der Waals surface area contributed by atoms with Crippen molar-refractivity contribution in [3.05, 3.63) is 407 Å². The van der Waals surface area contributed by atoms with Gasteiger partial charge in [-0.25, -0.2) is 0 Å². The molecule has 8 heteroatoms. The minimum absolute atomic E-state index is 0.0341. The molecule has 590 valence electrons. The van der Waals surface area contributed by atoms with E-state index in [1.165, 1.54) is 74.9 Å². The monoisotopic (exact) mass is 1600 g/mol. The molecule has 0 aliphatic heterocycles. The average molecular weight is 1610 g/mol. The van der Waals surface area contributed by atoms with Crippen molar-refractivity contribution in [1.82, 2.24) is 0 Å². The van der Waals surface area contributed by atoms with Crippen LogP contribution in [0.2, 0.25) is 0 Å². The first-order valence-electron chi connectivity index (χ1n) is 42.7. The number of nitrogens with zero attached hydrogens (tertiary/aromatic N) is 4. The van der Waals surface area contributed by atoms with Gasteiger partial charge in [-0.05, 0) is 12.1 Å². The maximum absolute atomic E-state index is 11.9. The predicted molar refractivity (Wildman–Crippen MR) is 521 cm³/mol. The van der Waals surface area contributed by atoms with Crippen LogP contribution in [-0.2, 0) is 0 Å². The molecule has 0 aliphatic rings. The molecule has 0 bridgehead atoms. The molecular formula is C114H92N4O2Si2-2. The maximum atomic E-state index is 11.9. The molecule has 2 aromatic heterocycles. The van der Waals surface area contributed by atoms with Gasteiger partial charge in [-0.2, -0.15) is 0 Å². The third-order valence-corrected chi connectivity index (χ3v) is 37.6. The van der Waals surface area contributed by atoms with Crippen LogP contribution in [0.25, 0.3) is 98.4 Å². The third-order valence-electron chi connectivity index (χ3n) is 26.6. The van der Waals surface area contributed by atoms with Gasteiger partial charge in [0.2, 0.25) is 0 Å². The van der Waals surface area contributed by atoms with Crippen LogP contribution >= 0.6 is 0 Å². The van der Waals surface area contributed by atoms with Gasteiger partial charge in [0, 0.05) is 0 Å². The summed E-state index contributed by atoms with van der Waals surface area (Å²) in [5.41, 5.74) is 22.5. The van der Waals surface area contributed by atoms with Crippen molar-refractivity contribution in [3.8, 4) is 34.4 Å². The fourth-order valence-corrected chi connectivity index (χ4v) is 31.1. The number of para-hydroxylation sites is 4. The summed E-state index contributed by atoms with van der Waals surface area (Å²) in [5, 5.41) is 44.8. The Hall–Kier alpha value is -14.4. The quantitative estimate of drug-likeness (QED) is 0.0484. The Balaban J connectivity index is 0.811. The minimum atomic E-state index is -3.40. The molecule has 0 atom stereocenters. The van der Waals surface area contributed by atoms with E-state index in [0.717, 1.165) is 121 Å². The molecule has 0 spiro atoms. The number of nitriles is 2. The summed E-state index contributed by atoms with van der Waals surface area (Å²) in [7, 11) is -6.79. The van der Waals surface area contributed by atoms with Gasteiger partial charge in [-0.3, -0.25) is 0 Å². The van der Waals surface area contributed by atoms with Crippen LogP contribution in [0.3, 0.4) is 0 Å². The third kappa shape index (κ3) is 12.5. The Kier molecular flexibility index (Phi) is 19.0. The van der Waals surface area contributed by atoms with Gasteiger partial charge in [-0.15, -0.1) is 0 Å². The van der Waals surface area contributed by atoms with E-state index in [9.17, 15) is 10.5 Å². The Morgan fingerprint density at radius 2 is 0.516 bits per heavy atom. The van der Waals surface area contributed by atoms with Crippen molar-refractivity contribution >= 4 is 168 Å². The number of furan rings is 2. The van der Waals surface area contributed by atoms with E-state index >= 15 is 0 Å². The molecule has 20 rings (SSSR count). The Morgan fingerprint density at radius 3 is 0.811 bits per heavy atom. The van der Waals surface area contributed by atoms with Crippen LogP contribution in [0.1, 0.15) is 95.2 Å². The zero-order valence-corrected chi connectivity index (χ0v) is 72.7. The number of fused-ring (bicyclic) bond motifs is 6. The molecule has 122 heavy (non-hydrogen) atoms. The molecule has 2 heterocycles. The molecule has 20 aromatic rings. The second kappa shape index (κ2) is 30.5. The van der Waals surface area contributed by atoms with Crippen LogP contribution in [0, 0.1) is 64.2 Å². The van der Waals surface area contributed by atoms with Crippen LogP contribution in [0.4, 0.5) is 34.1 Å². The first-order valence-corrected chi connectivity index (χ1v) is 47.3. The molecule has 0 saturated carbocycles. The van der Waals surface area contributed by atoms with Crippen LogP contribution in [0.15, 0.2) is 361 Å². The van der Waals surface area contributed by atoms with E-state index in [1.807, 2.05) is 36.4 Å². The van der Waals surface area contributed by atoms with Crippen molar-refractivity contribution < 1.29 is 8.83 Å². The van der Waals surface area contributed by atoms with E-state index in [-0.39, 0.29) is 11.8 Å². The van der Waals surface area contributed by atoms with Crippen LogP contribution in [-0.4, -0.2) is 16.1 Å². The fourth-order valence-electron chi connectivity index (χ4n) is 20.3. The van der Waals surface area contributed by atoms with E-state index in [2.05, 4.69) is 407 Å². The molecular weight excluding hydrogens is 1510 g/mol. The van der Waals surface area contributed by atoms with Gasteiger partial charge in [0.05, 0.1) is 0 Å². The molecule has 0 fully saturated rings. The number of rotatable bonds is 18. The van der Waals surface area contributed by atoms with E-state index in [4.69, 9.17) is 8.83 Å². The molecule has 0 saturated heterocycles. The Bertz CT molecular complexity index is 6880. The van der Waals surface area contributed by atoms with Gasteiger partial charge in [0.15, 0.2) is 0 Å². The summed E-state index contributed by atoms with van der Waals surface area (Å²) < 4.78 is 14.3. The second-order valence-corrected chi connectivity index (χ2v) is 43.5. The first-order chi connectivity index (χ1) is 59.5. The summed E-state index contributed by atoms with van der Waals surface area (Å²) in [5.74, 6) is 0.0682. The number of aryl methyl sites for hydroxylation is 6. The summed E-state index contributed by atoms with van der Waals surface area (Å²) in [4.78, 5) is 4.66. The van der Waals surface area contributed by atoms with Crippen molar-refractivity contribution in [1.29, 1.82) is 10.5 Å². The summed E-state index contributed by atoms with van der Waals surface area (Å²) in [6, 6.07) is 136. The summed E-state index contributed by atoms with van der Waals surface area (Å²) in [6.45, 7) is 22.2. The average Bonchev–Trinajstić information content (AvgIpc) is 0.809. The molecule has 0 amide bonds. The molecule has 0 unspecified atom stereocenters. The van der Waals surface area contributed by atoms with Crippen molar-refractivity contribution in [2.45, 2.75) is 81.1 Å². The molecule has 6 nitrogen and oxygen atoms in total. The van der Waals surface area contributed by atoms with E-state index in [1.54, 1.807) is 0 Å². The number of hydrogen-bond donors (Lipinski definition) is 0. The summed E-state index contributed by atoms with van der Waals surface area (Å²) in [6.07, 6.45) is 0. The Morgan fingerprint density at radius 1 is 0.246 bits per heavy atom. The zero-order chi connectivity index (χ0) is 83.4. The van der Waals surface area contributed by atoms with E-state index in [0.29, 0.717) is 33.7 Å². The van der Waals surface area contributed by atoms with Gasteiger partial charge < -0.3 is 0 Å². The van der Waals surface area contributed by atoms with Gasteiger partial charge >= 0.3 is 644 Å². The SMILES string of the molecule is Cc1ccc([SiH-](c2ccc(C)cc2)(c2ccc(C)cc2)c2ccc(-c3ccc(C#N)c(N(c4cc(C(C)C)c5ccc6c(N(c7cc(-c8ccc([SiH-](c9ccc(C)cc9)(c9ccc(C)cc9)c9ccc(C)cc9)cc8)ccc7C#N)c7cccc8c7oc7ccccc78)cc(C(C)C)c7ccc4c5c76)c4cccc5c4oc4ccccc45)c3)cc2)cc1. The predicted octanol–water partition coefficient (Wildman–Crippen LogP) is 24.7. The van der Waals surface area contributed by atoms with Gasteiger partial charge in [0.1, 0.15) is 0 Å². The van der Waals surface area contributed by atoms with Crippen LogP contribution in [0.5, 0.6) is 0 Å². The normalized spacial score (nSPS) is 12.2. The van der Waals surface area contributed by atoms with Crippen molar-refractivity contribution in [2.24, 2.45) is 0 Å². The summed E-state index contributed by atoms with van der Waals surface area (Å²) >= 11 is 0. The van der Waals surface area contributed by atoms with Crippen molar-refractivity contribution in [2.75, 3.05) is 9.80 Å². The number of anilines is 6. The number of hydrogen-bond acceptors (Lipinski definition) is 6. The van der Waals surface area contributed by atoms with Gasteiger partial charge in [0.25, 0.3) is 0 Å². The topological polar surface area (TPSA) is 80.3 Å². The van der Waals surface area contributed by atoms with E-state index < -0.39 is 16.1 Å². The first kappa shape index (κ1) is 76.3. The standard InChI is InChI=1S/C114H92N4O2Si2/c1-71(2)101-67-107(117(103-21-15-19-97-93-17-11-13-23-109(93)119-113(97)103)105-65-81(37-39-83(105)69-115)79-41-57-91(58-42-79)121(85-45-25-73(5)26-46-85,86-47-27-74(6)28-48-86)87-49-29-75(7)30-50-87)99-64-62-96-102(72(3)4)68-108(100-63-61-95(101)111(99)112(96)100)118(104-22-16-20-98-94-18-12-14-24-110(94)120-114(98)104)106-66-82(38-40-84(106)70-116)80-43-59-92(60-44-80)122(88-51-31-76(8)32-52-88,89-53-33-77(9)34-54-89)90-55-35-78(10)36-56-90/h11-68,71-72,121-122H,1-10H3/q-2. The fraction of sp³-hybridized carbons (Fsp3) is 0.105. The molecule has 0 N–H and O–H groups in total. The van der Waals surface area contributed by atoms with Gasteiger partial charge in [-0.1, -0.05) is 64.1 Å². The number of benzene rings is 18. The Labute approximate surface area is 715 Å². The van der Waals surface area contributed by atoms with Crippen LogP contribution < -0.4 is 51.3 Å². The van der Waals surface area contributed by atoms with Crippen molar-refractivity contribution in [3.63, 3.8) is 0 Å². The molecule has 0 aliphatic carbocycles. The second-order valence-electron chi connectivity index (χ2n) is 34.7. The molecule has 0 radical (unpaired) electrons. The zero-order valence-electron chi connectivity index (χ0n) is 70.4. The molecule has 18 aromatic carbocycles.